The van der Waals surface area contributed by atoms with Gasteiger partial charge in [-0.1, -0.05) is 52.1 Å². The monoisotopic (exact) mass is 556 g/mol. The van der Waals surface area contributed by atoms with Crippen molar-refractivity contribution in [2.24, 2.45) is 0 Å². The lowest BCUT2D eigenvalue weighted by atomic mass is 10.1. The number of hydrogen-bond donors (Lipinski definition) is 1. The molecule has 0 aliphatic carbocycles. The summed E-state index contributed by atoms with van der Waals surface area (Å²) in [6, 6.07) is 8.16. The van der Waals surface area contributed by atoms with Gasteiger partial charge in [0.15, 0.2) is 6.61 Å². The summed E-state index contributed by atoms with van der Waals surface area (Å²) in [5, 5.41) is 3.92. The molecule has 1 N–H and O–H groups in total. The van der Waals surface area contributed by atoms with Gasteiger partial charge in [-0.05, 0) is 82.0 Å². The Labute approximate surface area is 214 Å². The van der Waals surface area contributed by atoms with Gasteiger partial charge in [0, 0.05) is 26.6 Å². The first-order valence-corrected chi connectivity index (χ1v) is 12.3. The average Bonchev–Trinajstić information content (AvgIpc) is 2.70. The summed E-state index contributed by atoms with van der Waals surface area (Å²) in [5.74, 6) is 0.0622. The minimum absolute atomic E-state index is 0.159. The molecule has 0 saturated carbocycles. The minimum atomic E-state index is -0.680. The van der Waals surface area contributed by atoms with Gasteiger partial charge in [0.05, 0.1) is 0 Å². The zero-order valence-electron chi connectivity index (χ0n) is 19.9. The number of rotatable bonds is 8. The van der Waals surface area contributed by atoms with Crippen LogP contribution < -0.4 is 10.1 Å². The molecule has 5 nitrogen and oxygen atoms in total. The maximum atomic E-state index is 13.3. The van der Waals surface area contributed by atoms with Crippen molar-refractivity contribution >= 4 is 50.9 Å². The Hall–Kier alpha value is -1.76. The van der Waals surface area contributed by atoms with Gasteiger partial charge in [0.25, 0.3) is 5.91 Å². The zero-order chi connectivity index (χ0) is 24.9. The van der Waals surface area contributed by atoms with Crippen LogP contribution in [-0.4, -0.2) is 34.9 Å². The molecule has 180 valence electrons. The van der Waals surface area contributed by atoms with Crippen molar-refractivity contribution < 1.29 is 14.3 Å². The van der Waals surface area contributed by atoms with Gasteiger partial charge >= 0.3 is 0 Å². The molecule has 2 aromatic rings. The molecule has 0 aliphatic heterocycles. The molecule has 2 rings (SSSR count). The van der Waals surface area contributed by atoms with Gasteiger partial charge in [0.2, 0.25) is 5.91 Å². The SMILES string of the molecule is CC[C@H](C(=O)NC(C)(C)C)N(Cc1ccc(Cl)cc1Cl)C(=O)COc1cc(C)c(Br)c(C)c1. The lowest BCUT2D eigenvalue weighted by Crippen LogP contribution is -2.54. The van der Waals surface area contributed by atoms with Crippen LogP contribution in [0.25, 0.3) is 0 Å². The summed E-state index contributed by atoms with van der Waals surface area (Å²) in [7, 11) is 0. The number of ether oxygens (including phenoxy) is 1. The molecule has 2 aromatic carbocycles. The summed E-state index contributed by atoms with van der Waals surface area (Å²) < 4.78 is 6.83. The fourth-order valence-electron chi connectivity index (χ4n) is 3.42. The number of hydrogen-bond acceptors (Lipinski definition) is 3. The van der Waals surface area contributed by atoms with Crippen molar-refractivity contribution in [1.29, 1.82) is 0 Å². The van der Waals surface area contributed by atoms with Gasteiger partial charge in [0.1, 0.15) is 11.8 Å². The molecule has 0 aromatic heterocycles. The van der Waals surface area contributed by atoms with Crippen molar-refractivity contribution in [2.75, 3.05) is 6.61 Å². The van der Waals surface area contributed by atoms with Gasteiger partial charge in [-0.25, -0.2) is 0 Å². The Morgan fingerprint density at radius 2 is 1.73 bits per heavy atom. The van der Waals surface area contributed by atoms with Gasteiger partial charge < -0.3 is 15.0 Å². The molecule has 1 atom stereocenters. The molecule has 0 fully saturated rings. The maximum Gasteiger partial charge on any atom is 0.261 e. The number of nitrogens with zero attached hydrogens (tertiary/aromatic N) is 1. The second-order valence-corrected chi connectivity index (χ2v) is 10.7. The minimum Gasteiger partial charge on any atom is -0.484 e. The standard InChI is InChI=1S/C25H31BrCl2N2O3/c1-7-21(24(32)29-25(4,5)6)30(13-17-8-9-18(27)12-20(17)28)22(31)14-33-19-10-15(2)23(26)16(3)11-19/h8-12,21H,7,13-14H2,1-6H3,(H,29,32)/t21-/m1/s1. The normalized spacial score (nSPS) is 12.3. The van der Waals surface area contributed by atoms with E-state index >= 15 is 0 Å². The van der Waals surface area contributed by atoms with E-state index in [1.54, 1.807) is 18.2 Å². The Bertz CT molecular complexity index is 998. The third kappa shape index (κ3) is 7.90. The predicted octanol–water partition coefficient (Wildman–Crippen LogP) is 6.47. The van der Waals surface area contributed by atoms with Crippen LogP contribution >= 0.6 is 39.1 Å². The number of benzene rings is 2. The van der Waals surface area contributed by atoms with Gasteiger partial charge in [-0.15, -0.1) is 0 Å². The van der Waals surface area contributed by atoms with Crippen molar-refractivity contribution in [2.45, 2.75) is 66.1 Å². The number of halogens is 3. The van der Waals surface area contributed by atoms with E-state index in [4.69, 9.17) is 27.9 Å². The smallest absolute Gasteiger partial charge is 0.261 e. The summed E-state index contributed by atoms with van der Waals surface area (Å²) in [6.45, 7) is 11.5. The van der Waals surface area contributed by atoms with E-state index in [-0.39, 0.29) is 25.0 Å². The summed E-state index contributed by atoms with van der Waals surface area (Å²) in [4.78, 5) is 27.9. The molecule has 0 bridgehead atoms. The van der Waals surface area contributed by atoms with E-state index in [9.17, 15) is 9.59 Å². The maximum absolute atomic E-state index is 13.3. The van der Waals surface area contributed by atoms with Crippen LogP contribution in [0.1, 0.15) is 50.8 Å². The second-order valence-electron chi connectivity index (χ2n) is 9.08. The van der Waals surface area contributed by atoms with Crippen molar-refractivity contribution in [1.82, 2.24) is 10.2 Å². The molecule has 2 amide bonds. The van der Waals surface area contributed by atoms with E-state index < -0.39 is 11.6 Å². The highest BCUT2D eigenvalue weighted by Gasteiger charge is 2.31. The fourth-order valence-corrected chi connectivity index (χ4v) is 4.12. The van der Waals surface area contributed by atoms with Crippen molar-refractivity contribution in [3.05, 3.63) is 61.5 Å². The highest BCUT2D eigenvalue weighted by Crippen LogP contribution is 2.27. The van der Waals surface area contributed by atoms with E-state index in [0.29, 0.717) is 27.8 Å². The van der Waals surface area contributed by atoms with E-state index in [0.717, 1.165) is 15.6 Å². The quantitative estimate of drug-likeness (QED) is 0.404. The number of nitrogens with one attached hydrogen (secondary N) is 1. The average molecular weight is 558 g/mol. The fraction of sp³-hybridized carbons (Fsp3) is 0.440. The van der Waals surface area contributed by atoms with Crippen molar-refractivity contribution in [3.63, 3.8) is 0 Å². The Morgan fingerprint density at radius 1 is 1.12 bits per heavy atom. The van der Waals surface area contributed by atoms with E-state index in [1.807, 2.05) is 53.7 Å². The predicted molar refractivity (Wildman–Crippen MR) is 138 cm³/mol. The van der Waals surface area contributed by atoms with Crippen LogP contribution in [-0.2, 0) is 16.1 Å². The Balaban J connectivity index is 2.31. The van der Waals surface area contributed by atoms with Crippen LogP contribution in [0.2, 0.25) is 10.0 Å². The highest BCUT2D eigenvalue weighted by molar-refractivity contribution is 9.10. The van der Waals surface area contributed by atoms with Gasteiger partial charge in [-0.3, -0.25) is 9.59 Å². The number of amides is 2. The third-order valence-corrected chi connectivity index (χ3v) is 6.85. The lowest BCUT2D eigenvalue weighted by Gasteiger charge is -2.33. The Morgan fingerprint density at radius 3 is 2.24 bits per heavy atom. The molecule has 0 aliphatic rings. The summed E-state index contributed by atoms with van der Waals surface area (Å²) in [5.41, 5.74) is 2.29. The highest BCUT2D eigenvalue weighted by atomic mass is 79.9. The second kappa shape index (κ2) is 11.6. The largest absolute Gasteiger partial charge is 0.484 e. The molecular weight excluding hydrogens is 527 g/mol. The topological polar surface area (TPSA) is 58.6 Å². The molecule has 0 unspecified atom stereocenters. The van der Waals surface area contributed by atoms with Crippen LogP contribution in [0.15, 0.2) is 34.8 Å². The van der Waals surface area contributed by atoms with Crippen LogP contribution in [0.5, 0.6) is 5.75 Å². The molecule has 0 heterocycles. The Kier molecular flexibility index (Phi) is 9.65. The molecule has 33 heavy (non-hydrogen) atoms. The lowest BCUT2D eigenvalue weighted by molar-refractivity contribution is -0.143. The van der Waals surface area contributed by atoms with Crippen LogP contribution in [0, 0.1) is 13.8 Å². The molecular formula is C25H31BrCl2N2O3. The molecule has 8 heteroatoms. The van der Waals surface area contributed by atoms with E-state index in [2.05, 4.69) is 21.2 Å². The third-order valence-electron chi connectivity index (χ3n) is 5.01. The number of aryl methyl sites for hydroxylation is 2. The first-order chi connectivity index (χ1) is 15.3. The van der Waals surface area contributed by atoms with Gasteiger partial charge in [-0.2, -0.15) is 0 Å². The van der Waals surface area contributed by atoms with Crippen molar-refractivity contribution in [3.8, 4) is 5.75 Å². The number of carbonyl (C=O) groups excluding carboxylic acids is 2. The number of carbonyl (C=O) groups is 2. The van der Waals surface area contributed by atoms with E-state index in [1.165, 1.54) is 4.90 Å². The first-order valence-electron chi connectivity index (χ1n) is 10.8. The summed E-state index contributed by atoms with van der Waals surface area (Å²) in [6.07, 6.45) is 0.440. The molecule has 0 spiro atoms. The molecule has 0 saturated heterocycles. The summed E-state index contributed by atoms with van der Waals surface area (Å²) >= 11 is 15.9. The first kappa shape index (κ1) is 27.5. The molecule has 0 radical (unpaired) electrons. The van der Waals surface area contributed by atoms with Crippen LogP contribution in [0.3, 0.4) is 0 Å². The van der Waals surface area contributed by atoms with Crippen LogP contribution in [0.4, 0.5) is 0 Å². The zero-order valence-corrected chi connectivity index (χ0v) is 23.0.